The summed E-state index contributed by atoms with van der Waals surface area (Å²) in [7, 11) is 0. The number of hydrogen-bond acceptors (Lipinski definition) is 4. The van der Waals surface area contributed by atoms with Crippen LogP contribution in [0.1, 0.15) is 75.0 Å². The molecule has 4 aromatic rings. The number of hydrogen-bond donors (Lipinski definition) is 2. The van der Waals surface area contributed by atoms with E-state index in [1.165, 1.54) is 34.9 Å². The van der Waals surface area contributed by atoms with Crippen LogP contribution in [-0.4, -0.2) is 55.6 Å². The number of amides is 1. The summed E-state index contributed by atoms with van der Waals surface area (Å²) in [6, 6.07) is 9.10. The quantitative estimate of drug-likeness (QED) is 0.396. The van der Waals surface area contributed by atoms with Gasteiger partial charge in [-0.3, -0.25) is 4.79 Å². The van der Waals surface area contributed by atoms with Crippen molar-refractivity contribution in [2.24, 2.45) is 0 Å². The van der Waals surface area contributed by atoms with Crippen molar-refractivity contribution in [3.63, 3.8) is 0 Å². The van der Waals surface area contributed by atoms with Crippen LogP contribution in [0.15, 0.2) is 36.8 Å². The molecular weight excluding hydrogens is 448 g/mol. The van der Waals surface area contributed by atoms with E-state index < -0.39 is 0 Å². The van der Waals surface area contributed by atoms with Crippen molar-refractivity contribution in [2.75, 3.05) is 19.6 Å². The maximum absolute atomic E-state index is 12.7. The monoisotopic (exact) mass is 484 g/mol. The lowest BCUT2D eigenvalue weighted by molar-refractivity contribution is -0.131. The number of benzene rings is 1. The van der Waals surface area contributed by atoms with Gasteiger partial charge in [-0.2, -0.15) is 5.10 Å². The second-order valence-electron chi connectivity index (χ2n) is 11.4. The van der Waals surface area contributed by atoms with Crippen molar-refractivity contribution >= 4 is 22.5 Å². The van der Waals surface area contributed by atoms with Gasteiger partial charge in [0.05, 0.1) is 12.2 Å². The molecule has 2 N–H and O–H groups in total. The second kappa shape index (κ2) is 8.73. The number of nitrogens with one attached hydrogen (secondary N) is 2. The molecule has 6 rings (SSSR count). The van der Waals surface area contributed by atoms with Crippen LogP contribution in [0.4, 0.5) is 0 Å². The molecule has 3 aromatic heterocycles. The third kappa shape index (κ3) is 4.19. The van der Waals surface area contributed by atoms with E-state index in [1.54, 1.807) is 6.33 Å². The number of aromatic nitrogens is 4. The number of aryl methyl sites for hydroxylation is 1. The SMILES string of the molecule is Cc1cc(-c2[nH]c3ccc(C4CCN(C(=O)CNC5(C)CC5)CC4)cc3c2C(C)C)cn2ncnc12. The summed E-state index contributed by atoms with van der Waals surface area (Å²) in [4.78, 5) is 22.8. The molecular formula is C29H36N6O. The smallest absolute Gasteiger partial charge is 0.236 e. The number of fused-ring (bicyclic) bond motifs is 2. The molecule has 1 saturated heterocycles. The van der Waals surface area contributed by atoms with Crippen molar-refractivity contribution in [1.29, 1.82) is 0 Å². The zero-order valence-corrected chi connectivity index (χ0v) is 21.8. The molecule has 188 valence electrons. The lowest BCUT2D eigenvalue weighted by Crippen LogP contribution is -2.44. The fourth-order valence-corrected chi connectivity index (χ4v) is 5.77. The van der Waals surface area contributed by atoms with Crippen LogP contribution in [-0.2, 0) is 4.79 Å². The van der Waals surface area contributed by atoms with Gasteiger partial charge in [-0.15, -0.1) is 0 Å². The molecule has 1 saturated carbocycles. The first-order valence-electron chi connectivity index (χ1n) is 13.3. The molecule has 0 spiro atoms. The zero-order valence-electron chi connectivity index (χ0n) is 21.8. The average Bonchev–Trinajstić information content (AvgIpc) is 3.26. The topological polar surface area (TPSA) is 78.3 Å². The number of rotatable bonds is 6. The van der Waals surface area contributed by atoms with Gasteiger partial charge in [-0.25, -0.2) is 9.50 Å². The zero-order chi connectivity index (χ0) is 25.0. The van der Waals surface area contributed by atoms with Crippen molar-refractivity contribution in [2.45, 2.75) is 70.8 Å². The first-order valence-corrected chi connectivity index (χ1v) is 13.3. The largest absolute Gasteiger partial charge is 0.354 e. The van der Waals surface area contributed by atoms with E-state index in [0.717, 1.165) is 48.4 Å². The van der Waals surface area contributed by atoms with Gasteiger partial charge in [-0.05, 0) is 86.3 Å². The van der Waals surface area contributed by atoms with E-state index in [9.17, 15) is 4.79 Å². The first-order chi connectivity index (χ1) is 17.3. The summed E-state index contributed by atoms with van der Waals surface area (Å²) in [6.07, 6.45) is 8.07. The van der Waals surface area contributed by atoms with Gasteiger partial charge in [0.15, 0.2) is 5.65 Å². The summed E-state index contributed by atoms with van der Waals surface area (Å²) < 4.78 is 1.86. The van der Waals surface area contributed by atoms with Crippen LogP contribution in [0.25, 0.3) is 27.8 Å². The van der Waals surface area contributed by atoms with Crippen LogP contribution in [0, 0.1) is 6.92 Å². The van der Waals surface area contributed by atoms with Crippen molar-refractivity contribution in [1.82, 2.24) is 29.8 Å². The summed E-state index contributed by atoms with van der Waals surface area (Å²) in [5.74, 6) is 1.10. The van der Waals surface area contributed by atoms with Crippen LogP contribution in [0.5, 0.6) is 0 Å². The second-order valence-corrected chi connectivity index (χ2v) is 11.4. The maximum atomic E-state index is 12.7. The summed E-state index contributed by atoms with van der Waals surface area (Å²) in [5, 5.41) is 9.11. The Kier molecular flexibility index (Phi) is 5.63. The van der Waals surface area contributed by atoms with Crippen molar-refractivity contribution in [3.8, 4) is 11.3 Å². The van der Waals surface area contributed by atoms with Crippen LogP contribution < -0.4 is 5.32 Å². The third-order valence-corrected chi connectivity index (χ3v) is 8.27. The Hall–Kier alpha value is -3.19. The highest BCUT2D eigenvalue weighted by molar-refractivity contribution is 5.92. The summed E-state index contributed by atoms with van der Waals surface area (Å²) >= 11 is 0. The number of likely N-dealkylation sites (tertiary alicyclic amines) is 1. The van der Waals surface area contributed by atoms with Crippen LogP contribution in [0.3, 0.4) is 0 Å². The molecule has 2 fully saturated rings. The van der Waals surface area contributed by atoms with E-state index in [0.29, 0.717) is 18.4 Å². The van der Waals surface area contributed by atoms with Crippen LogP contribution >= 0.6 is 0 Å². The van der Waals surface area contributed by atoms with Gasteiger partial charge in [0.1, 0.15) is 6.33 Å². The van der Waals surface area contributed by atoms with Gasteiger partial charge in [-0.1, -0.05) is 19.9 Å². The number of nitrogens with zero attached hydrogens (tertiary/aromatic N) is 4. The third-order valence-electron chi connectivity index (χ3n) is 8.27. The van der Waals surface area contributed by atoms with Crippen LogP contribution in [0.2, 0.25) is 0 Å². The van der Waals surface area contributed by atoms with Gasteiger partial charge >= 0.3 is 0 Å². The minimum atomic E-state index is 0.201. The molecule has 7 nitrogen and oxygen atoms in total. The Balaban J connectivity index is 1.25. The van der Waals surface area contributed by atoms with E-state index in [4.69, 9.17) is 0 Å². The normalized spacial score (nSPS) is 18.0. The predicted molar refractivity (Wildman–Crippen MR) is 143 cm³/mol. The Labute approximate surface area is 212 Å². The number of H-pyrrole nitrogens is 1. The Bertz CT molecular complexity index is 1440. The Morgan fingerprint density at radius 3 is 2.72 bits per heavy atom. The minimum absolute atomic E-state index is 0.201. The molecule has 0 radical (unpaired) electrons. The lowest BCUT2D eigenvalue weighted by atomic mass is 9.87. The highest BCUT2D eigenvalue weighted by Gasteiger charge is 2.37. The van der Waals surface area contributed by atoms with E-state index in [2.05, 4.69) is 78.5 Å². The fourth-order valence-electron chi connectivity index (χ4n) is 5.77. The maximum Gasteiger partial charge on any atom is 0.236 e. The average molecular weight is 485 g/mol. The predicted octanol–water partition coefficient (Wildman–Crippen LogP) is 5.16. The molecule has 0 atom stereocenters. The van der Waals surface area contributed by atoms with E-state index >= 15 is 0 Å². The molecule has 1 amide bonds. The number of carbonyl (C=O) groups is 1. The highest BCUT2D eigenvalue weighted by atomic mass is 16.2. The summed E-state index contributed by atoms with van der Waals surface area (Å²) in [5.41, 5.74) is 8.40. The molecule has 1 aromatic carbocycles. The number of pyridine rings is 1. The standard InChI is InChI=1S/C29H36N6O/c1-18(2)26-23-14-21(20-7-11-34(12-8-20)25(36)15-31-29(4)9-10-29)5-6-24(23)33-27(26)22-13-19(3)28-30-17-32-35(28)16-22/h5-6,13-14,16-18,20,31,33H,7-12,15H2,1-4H3. The number of aromatic amines is 1. The molecule has 1 aliphatic heterocycles. The Morgan fingerprint density at radius 2 is 2.00 bits per heavy atom. The van der Waals surface area contributed by atoms with Gasteiger partial charge in [0.2, 0.25) is 5.91 Å². The van der Waals surface area contributed by atoms with Crippen molar-refractivity contribution in [3.05, 3.63) is 53.5 Å². The van der Waals surface area contributed by atoms with Gasteiger partial charge in [0.25, 0.3) is 0 Å². The number of carbonyl (C=O) groups excluding carboxylic acids is 1. The number of piperidine rings is 1. The molecule has 1 aliphatic carbocycles. The Morgan fingerprint density at radius 1 is 1.22 bits per heavy atom. The first kappa shape index (κ1) is 23.2. The molecule has 0 bridgehead atoms. The van der Waals surface area contributed by atoms with Gasteiger partial charge < -0.3 is 15.2 Å². The fraction of sp³-hybridized carbons (Fsp3) is 0.483. The minimum Gasteiger partial charge on any atom is -0.354 e. The van der Waals surface area contributed by atoms with E-state index in [1.807, 2.05) is 9.42 Å². The lowest BCUT2D eigenvalue weighted by Gasteiger charge is -2.32. The summed E-state index contributed by atoms with van der Waals surface area (Å²) in [6.45, 7) is 11.0. The molecule has 36 heavy (non-hydrogen) atoms. The van der Waals surface area contributed by atoms with Crippen molar-refractivity contribution < 1.29 is 4.79 Å². The molecule has 7 heteroatoms. The van der Waals surface area contributed by atoms with E-state index in [-0.39, 0.29) is 11.4 Å². The molecule has 4 heterocycles. The molecule has 2 aliphatic rings. The van der Waals surface area contributed by atoms with Gasteiger partial charge in [0, 0.05) is 41.3 Å². The highest BCUT2D eigenvalue weighted by Crippen LogP contribution is 2.39. The molecule has 0 unspecified atom stereocenters.